The van der Waals surface area contributed by atoms with Crippen LogP contribution in [0.15, 0.2) is 41.3 Å². The van der Waals surface area contributed by atoms with Crippen molar-refractivity contribution in [2.75, 3.05) is 5.75 Å². The van der Waals surface area contributed by atoms with Crippen molar-refractivity contribution in [2.45, 2.75) is 44.7 Å². The van der Waals surface area contributed by atoms with Crippen LogP contribution in [0.2, 0.25) is 0 Å². The second kappa shape index (κ2) is 6.25. The number of fused-ring (bicyclic) bond motifs is 1. The lowest BCUT2D eigenvalue weighted by atomic mass is 9.98. The van der Waals surface area contributed by atoms with Gasteiger partial charge in [0, 0.05) is 17.5 Å². The first-order valence-electron chi connectivity index (χ1n) is 7.67. The van der Waals surface area contributed by atoms with E-state index in [0.717, 1.165) is 6.54 Å². The summed E-state index contributed by atoms with van der Waals surface area (Å²) in [6.45, 7) is 7.58. The van der Waals surface area contributed by atoms with Gasteiger partial charge in [0.2, 0.25) is 0 Å². The highest BCUT2D eigenvalue weighted by Gasteiger charge is 2.20. The van der Waals surface area contributed by atoms with Gasteiger partial charge in [-0.15, -0.1) is 11.8 Å². The van der Waals surface area contributed by atoms with E-state index < -0.39 is 0 Å². The summed E-state index contributed by atoms with van der Waals surface area (Å²) >= 11 is 1.98. The van der Waals surface area contributed by atoms with Crippen LogP contribution >= 0.6 is 11.8 Å². The molecule has 3 rings (SSSR count). The van der Waals surface area contributed by atoms with Gasteiger partial charge in [0.15, 0.2) is 0 Å². The van der Waals surface area contributed by atoms with Crippen LogP contribution in [0.3, 0.4) is 0 Å². The summed E-state index contributed by atoms with van der Waals surface area (Å²) < 4.78 is 0. The number of hydrogen-bond donors (Lipinski definition) is 1. The van der Waals surface area contributed by atoms with Crippen LogP contribution in [-0.4, -0.2) is 5.75 Å². The molecule has 1 heterocycles. The van der Waals surface area contributed by atoms with Gasteiger partial charge in [-0.25, -0.2) is 0 Å². The lowest BCUT2D eigenvalue weighted by Crippen LogP contribution is -2.25. The Hall–Kier alpha value is -1.25. The molecule has 0 amide bonds. The molecule has 2 aromatic carbocycles. The highest BCUT2D eigenvalue weighted by atomic mass is 32.2. The molecule has 1 aliphatic heterocycles. The third kappa shape index (κ3) is 3.17. The van der Waals surface area contributed by atoms with Crippen molar-refractivity contribution in [1.29, 1.82) is 0 Å². The van der Waals surface area contributed by atoms with E-state index in [2.05, 4.69) is 62.5 Å². The minimum atomic E-state index is 0.488. The molecule has 2 aromatic rings. The standard InChI is InChI=1S/C19H23NS/c1-13-10-14(2)17(15(3)11-13)12-20-18-8-9-21-19-7-5-4-6-16(18)19/h4-7,10-11,18,20H,8-9,12H2,1-3H3. The van der Waals surface area contributed by atoms with Crippen molar-refractivity contribution >= 4 is 11.8 Å². The summed E-state index contributed by atoms with van der Waals surface area (Å²) in [5, 5.41) is 3.78. The van der Waals surface area contributed by atoms with E-state index in [9.17, 15) is 0 Å². The van der Waals surface area contributed by atoms with Gasteiger partial charge in [-0.1, -0.05) is 35.9 Å². The van der Waals surface area contributed by atoms with Gasteiger partial charge >= 0.3 is 0 Å². The maximum Gasteiger partial charge on any atom is 0.0342 e. The summed E-state index contributed by atoms with van der Waals surface area (Å²) in [4.78, 5) is 1.44. The molecule has 0 bridgehead atoms. The quantitative estimate of drug-likeness (QED) is 0.861. The number of nitrogens with one attached hydrogen (secondary N) is 1. The molecule has 1 aliphatic rings. The molecule has 21 heavy (non-hydrogen) atoms. The normalized spacial score (nSPS) is 17.6. The molecule has 1 N–H and O–H groups in total. The Morgan fingerprint density at radius 3 is 2.57 bits per heavy atom. The zero-order chi connectivity index (χ0) is 14.8. The fourth-order valence-electron chi connectivity index (χ4n) is 3.27. The van der Waals surface area contributed by atoms with E-state index in [-0.39, 0.29) is 0 Å². The maximum absolute atomic E-state index is 3.78. The van der Waals surface area contributed by atoms with Crippen LogP contribution in [0.5, 0.6) is 0 Å². The van der Waals surface area contributed by atoms with Crippen molar-refractivity contribution in [1.82, 2.24) is 5.32 Å². The fourth-order valence-corrected chi connectivity index (χ4v) is 4.39. The third-order valence-corrected chi connectivity index (χ3v) is 5.45. The molecule has 0 radical (unpaired) electrons. The lowest BCUT2D eigenvalue weighted by molar-refractivity contribution is 0.508. The van der Waals surface area contributed by atoms with Crippen LogP contribution < -0.4 is 5.32 Å². The zero-order valence-corrected chi connectivity index (χ0v) is 13.9. The predicted octanol–water partition coefficient (Wildman–Crippen LogP) is 4.94. The first-order chi connectivity index (χ1) is 10.1. The van der Waals surface area contributed by atoms with E-state index >= 15 is 0 Å². The van der Waals surface area contributed by atoms with Crippen LogP contribution in [0.25, 0.3) is 0 Å². The van der Waals surface area contributed by atoms with E-state index in [1.54, 1.807) is 0 Å². The summed E-state index contributed by atoms with van der Waals surface area (Å²) in [7, 11) is 0. The number of benzene rings is 2. The van der Waals surface area contributed by atoms with E-state index in [4.69, 9.17) is 0 Å². The summed E-state index contributed by atoms with van der Waals surface area (Å²) in [6, 6.07) is 13.9. The molecule has 1 nitrogen and oxygen atoms in total. The first-order valence-corrected chi connectivity index (χ1v) is 8.65. The van der Waals surface area contributed by atoms with Gasteiger partial charge in [0.25, 0.3) is 0 Å². The average Bonchev–Trinajstić information content (AvgIpc) is 2.46. The summed E-state index contributed by atoms with van der Waals surface area (Å²) in [5.74, 6) is 1.21. The Morgan fingerprint density at radius 1 is 1.10 bits per heavy atom. The van der Waals surface area contributed by atoms with E-state index in [0.29, 0.717) is 6.04 Å². The minimum absolute atomic E-state index is 0.488. The predicted molar refractivity (Wildman–Crippen MR) is 92.0 cm³/mol. The van der Waals surface area contributed by atoms with Gasteiger partial charge in [0.1, 0.15) is 0 Å². The highest BCUT2D eigenvalue weighted by Crippen LogP contribution is 2.36. The fraction of sp³-hybridized carbons (Fsp3) is 0.368. The summed E-state index contributed by atoms with van der Waals surface area (Å²) in [6.07, 6.45) is 1.21. The molecule has 1 unspecified atom stereocenters. The maximum atomic E-state index is 3.78. The molecule has 2 heteroatoms. The van der Waals surface area contributed by atoms with Crippen LogP contribution in [0.4, 0.5) is 0 Å². The minimum Gasteiger partial charge on any atom is -0.306 e. The topological polar surface area (TPSA) is 12.0 Å². The van der Waals surface area contributed by atoms with Crippen molar-refractivity contribution in [3.63, 3.8) is 0 Å². The van der Waals surface area contributed by atoms with Crippen LogP contribution in [-0.2, 0) is 6.54 Å². The van der Waals surface area contributed by atoms with E-state index in [1.807, 2.05) is 11.8 Å². The van der Waals surface area contributed by atoms with Gasteiger partial charge in [-0.05, 0) is 61.3 Å². The smallest absolute Gasteiger partial charge is 0.0342 e. The highest BCUT2D eigenvalue weighted by molar-refractivity contribution is 7.99. The Morgan fingerprint density at radius 2 is 1.81 bits per heavy atom. The van der Waals surface area contributed by atoms with Crippen LogP contribution in [0.1, 0.15) is 40.3 Å². The van der Waals surface area contributed by atoms with Crippen molar-refractivity contribution < 1.29 is 0 Å². The Kier molecular flexibility index (Phi) is 4.37. The van der Waals surface area contributed by atoms with Crippen molar-refractivity contribution in [2.24, 2.45) is 0 Å². The Balaban J connectivity index is 1.78. The molecular formula is C19H23NS. The van der Waals surface area contributed by atoms with Gasteiger partial charge in [0.05, 0.1) is 0 Å². The second-order valence-corrected chi connectivity index (χ2v) is 7.12. The van der Waals surface area contributed by atoms with Crippen LogP contribution in [0, 0.1) is 20.8 Å². The third-order valence-electron chi connectivity index (χ3n) is 4.32. The molecule has 110 valence electrons. The average molecular weight is 297 g/mol. The molecule has 0 saturated carbocycles. The SMILES string of the molecule is Cc1cc(C)c(CNC2CCSc3ccccc32)c(C)c1. The van der Waals surface area contributed by atoms with Crippen molar-refractivity contribution in [3.8, 4) is 0 Å². The lowest BCUT2D eigenvalue weighted by Gasteiger charge is -2.26. The largest absolute Gasteiger partial charge is 0.306 e. The number of hydrogen-bond acceptors (Lipinski definition) is 2. The second-order valence-electron chi connectivity index (χ2n) is 5.99. The number of rotatable bonds is 3. The molecule has 1 atom stereocenters. The van der Waals surface area contributed by atoms with Gasteiger partial charge in [-0.2, -0.15) is 0 Å². The molecule has 0 saturated heterocycles. The molecule has 0 fully saturated rings. The first kappa shape index (κ1) is 14.7. The zero-order valence-electron chi connectivity index (χ0n) is 13.1. The number of aryl methyl sites for hydroxylation is 3. The monoisotopic (exact) mass is 297 g/mol. The summed E-state index contributed by atoms with van der Waals surface area (Å²) in [5.41, 5.74) is 7.08. The number of thioether (sulfide) groups is 1. The molecule has 0 aliphatic carbocycles. The Labute approximate surface area is 132 Å². The van der Waals surface area contributed by atoms with Gasteiger partial charge in [-0.3, -0.25) is 0 Å². The molecule has 0 aromatic heterocycles. The molecule has 0 spiro atoms. The van der Waals surface area contributed by atoms with E-state index in [1.165, 1.54) is 44.9 Å². The van der Waals surface area contributed by atoms with Crippen molar-refractivity contribution in [3.05, 3.63) is 64.2 Å². The molecular weight excluding hydrogens is 274 g/mol. The Bertz CT molecular complexity index is 625. The van der Waals surface area contributed by atoms with Gasteiger partial charge < -0.3 is 5.32 Å².